The number of morpholine rings is 1. The predicted molar refractivity (Wildman–Crippen MR) is 82.0 cm³/mol. The molecule has 2 saturated heterocycles. The highest BCUT2D eigenvalue weighted by Crippen LogP contribution is 2.30. The number of nitrogens with zero attached hydrogens (tertiary/aromatic N) is 1. The van der Waals surface area contributed by atoms with Crippen molar-refractivity contribution in [2.45, 2.75) is 56.7 Å². The lowest BCUT2D eigenvalue weighted by molar-refractivity contribution is -0.0210. The summed E-state index contributed by atoms with van der Waals surface area (Å²) in [6, 6.07) is 1.47. The summed E-state index contributed by atoms with van der Waals surface area (Å²) in [6.45, 7) is 5.30. The smallest absolute Gasteiger partial charge is 0.0826 e. The van der Waals surface area contributed by atoms with Crippen LogP contribution in [0, 0.1) is 5.92 Å². The minimum absolute atomic E-state index is 0.382. The van der Waals surface area contributed by atoms with Gasteiger partial charge in [0.2, 0.25) is 0 Å². The lowest BCUT2D eigenvalue weighted by atomic mass is 9.79. The van der Waals surface area contributed by atoms with Crippen molar-refractivity contribution in [2.75, 3.05) is 39.8 Å². The largest absolute Gasteiger partial charge is 0.374 e. The summed E-state index contributed by atoms with van der Waals surface area (Å²) >= 11 is 0. The first kappa shape index (κ1) is 14.8. The van der Waals surface area contributed by atoms with E-state index in [0.717, 1.165) is 38.2 Å². The van der Waals surface area contributed by atoms with Gasteiger partial charge in [0.1, 0.15) is 0 Å². The average molecular weight is 281 g/mol. The third-order valence-corrected chi connectivity index (χ3v) is 5.38. The average Bonchev–Trinajstić information content (AvgIpc) is 3.00. The summed E-state index contributed by atoms with van der Waals surface area (Å²) in [4.78, 5) is 2.38. The summed E-state index contributed by atoms with van der Waals surface area (Å²) in [5.74, 6) is 0.840. The van der Waals surface area contributed by atoms with Gasteiger partial charge in [-0.3, -0.25) is 0 Å². The topological polar surface area (TPSA) is 36.5 Å². The number of nitrogens with one attached hydrogen (secondary N) is 2. The molecule has 2 aliphatic heterocycles. The lowest BCUT2D eigenvalue weighted by Gasteiger charge is -2.38. The Kier molecular flexibility index (Phi) is 5.32. The Labute approximate surface area is 123 Å². The maximum atomic E-state index is 5.88. The highest BCUT2D eigenvalue weighted by atomic mass is 16.5. The van der Waals surface area contributed by atoms with Gasteiger partial charge in [0.15, 0.2) is 0 Å². The molecule has 0 spiro atoms. The van der Waals surface area contributed by atoms with Crippen LogP contribution in [0.25, 0.3) is 0 Å². The molecular weight excluding hydrogens is 250 g/mol. The highest BCUT2D eigenvalue weighted by Gasteiger charge is 2.33. The molecule has 0 radical (unpaired) electrons. The van der Waals surface area contributed by atoms with Crippen LogP contribution >= 0.6 is 0 Å². The van der Waals surface area contributed by atoms with E-state index < -0.39 is 0 Å². The molecule has 0 bridgehead atoms. The molecule has 1 saturated carbocycles. The Hall–Kier alpha value is -0.160. The molecule has 3 aliphatic rings. The van der Waals surface area contributed by atoms with E-state index in [1.807, 2.05) is 0 Å². The first-order valence-electron chi connectivity index (χ1n) is 8.60. The SMILES string of the molecule is CN1CCOC(CNC2CCCCC2C2CCCN2)C1. The molecular formula is C16H31N3O. The molecule has 2 N–H and O–H groups in total. The van der Waals surface area contributed by atoms with E-state index in [-0.39, 0.29) is 0 Å². The standard InChI is InChI=1S/C16H31N3O/c1-19-9-10-20-13(12-19)11-18-16-6-3-2-5-14(16)15-7-4-8-17-15/h13-18H,2-12H2,1H3. The monoisotopic (exact) mass is 281 g/mol. The molecule has 4 heteroatoms. The fourth-order valence-electron chi connectivity index (χ4n) is 4.24. The van der Waals surface area contributed by atoms with E-state index in [4.69, 9.17) is 4.74 Å². The quantitative estimate of drug-likeness (QED) is 0.812. The van der Waals surface area contributed by atoms with Crippen LogP contribution in [0.5, 0.6) is 0 Å². The normalized spacial score (nSPS) is 40.0. The van der Waals surface area contributed by atoms with Crippen molar-refractivity contribution in [2.24, 2.45) is 5.92 Å². The fraction of sp³-hybridized carbons (Fsp3) is 1.00. The third kappa shape index (κ3) is 3.73. The number of rotatable bonds is 4. The van der Waals surface area contributed by atoms with Crippen LogP contribution in [0.2, 0.25) is 0 Å². The molecule has 2 heterocycles. The molecule has 0 aromatic heterocycles. The zero-order valence-corrected chi connectivity index (χ0v) is 12.9. The first-order valence-corrected chi connectivity index (χ1v) is 8.60. The molecule has 4 atom stereocenters. The second kappa shape index (κ2) is 7.21. The van der Waals surface area contributed by atoms with Crippen molar-refractivity contribution in [1.82, 2.24) is 15.5 Å². The van der Waals surface area contributed by atoms with E-state index in [2.05, 4.69) is 22.6 Å². The molecule has 116 valence electrons. The predicted octanol–water partition coefficient (Wildman–Crippen LogP) is 1.22. The van der Waals surface area contributed by atoms with Crippen LogP contribution in [0.3, 0.4) is 0 Å². The Balaban J connectivity index is 1.48. The zero-order chi connectivity index (χ0) is 13.8. The molecule has 4 nitrogen and oxygen atoms in total. The maximum absolute atomic E-state index is 5.88. The summed E-state index contributed by atoms with van der Waals surface area (Å²) in [6.07, 6.45) is 8.70. The van der Waals surface area contributed by atoms with Crippen molar-refractivity contribution in [3.05, 3.63) is 0 Å². The third-order valence-electron chi connectivity index (χ3n) is 5.38. The molecule has 0 amide bonds. The maximum Gasteiger partial charge on any atom is 0.0826 e. The van der Waals surface area contributed by atoms with Crippen molar-refractivity contribution in [3.8, 4) is 0 Å². The van der Waals surface area contributed by atoms with Gasteiger partial charge in [-0.2, -0.15) is 0 Å². The van der Waals surface area contributed by atoms with E-state index in [9.17, 15) is 0 Å². The Morgan fingerprint density at radius 1 is 1.20 bits per heavy atom. The van der Waals surface area contributed by atoms with Gasteiger partial charge in [-0.1, -0.05) is 12.8 Å². The molecule has 3 rings (SSSR count). The van der Waals surface area contributed by atoms with Gasteiger partial charge in [0, 0.05) is 31.7 Å². The van der Waals surface area contributed by atoms with Crippen molar-refractivity contribution in [1.29, 1.82) is 0 Å². The summed E-state index contributed by atoms with van der Waals surface area (Å²) < 4.78 is 5.88. The van der Waals surface area contributed by atoms with Crippen molar-refractivity contribution in [3.63, 3.8) is 0 Å². The summed E-state index contributed by atoms with van der Waals surface area (Å²) in [7, 11) is 2.20. The van der Waals surface area contributed by atoms with Crippen LogP contribution in [-0.4, -0.2) is 62.9 Å². The molecule has 3 fully saturated rings. The minimum atomic E-state index is 0.382. The van der Waals surface area contributed by atoms with Gasteiger partial charge >= 0.3 is 0 Å². The highest BCUT2D eigenvalue weighted by molar-refractivity contribution is 4.92. The summed E-state index contributed by atoms with van der Waals surface area (Å²) in [5.41, 5.74) is 0. The Morgan fingerprint density at radius 2 is 2.10 bits per heavy atom. The number of hydrogen-bond donors (Lipinski definition) is 2. The van der Waals surface area contributed by atoms with E-state index in [1.54, 1.807) is 0 Å². The molecule has 4 unspecified atom stereocenters. The van der Waals surface area contributed by atoms with Gasteiger partial charge in [-0.15, -0.1) is 0 Å². The van der Waals surface area contributed by atoms with Gasteiger partial charge < -0.3 is 20.3 Å². The zero-order valence-electron chi connectivity index (χ0n) is 12.9. The lowest BCUT2D eigenvalue weighted by Crippen LogP contribution is -2.51. The van der Waals surface area contributed by atoms with Crippen LogP contribution in [0.1, 0.15) is 38.5 Å². The van der Waals surface area contributed by atoms with Gasteiger partial charge in [-0.25, -0.2) is 0 Å². The van der Waals surface area contributed by atoms with Gasteiger partial charge in [-0.05, 0) is 45.2 Å². The van der Waals surface area contributed by atoms with Crippen LogP contribution in [-0.2, 0) is 4.74 Å². The van der Waals surface area contributed by atoms with Crippen LogP contribution in [0.4, 0.5) is 0 Å². The van der Waals surface area contributed by atoms with E-state index in [0.29, 0.717) is 12.1 Å². The van der Waals surface area contributed by atoms with Crippen molar-refractivity contribution >= 4 is 0 Å². The van der Waals surface area contributed by atoms with Gasteiger partial charge in [0.05, 0.1) is 12.7 Å². The summed E-state index contributed by atoms with van der Waals surface area (Å²) in [5, 5.41) is 7.57. The van der Waals surface area contributed by atoms with E-state index >= 15 is 0 Å². The number of likely N-dealkylation sites (N-methyl/N-ethyl adjacent to an activating group) is 1. The second-order valence-electron chi connectivity index (χ2n) is 6.92. The molecule has 20 heavy (non-hydrogen) atoms. The fourth-order valence-corrected chi connectivity index (χ4v) is 4.24. The van der Waals surface area contributed by atoms with Crippen molar-refractivity contribution < 1.29 is 4.74 Å². The number of hydrogen-bond acceptors (Lipinski definition) is 4. The second-order valence-corrected chi connectivity index (χ2v) is 6.92. The first-order chi connectivity index (χ1) is 9.83. The molecule has 0 aromatic rings. The number of ether oxygens (including phenoxy) is 1. The Bertz CT molecular complexity index is 293. The Morgan fingerprint density at radius 3 is 2.90 bits per heavy atom. The molecule has 1 aliphatic carbocycles. The van der Waals surface area contributed by atoms with E-state index in [1.165, 1.54) is 45.1 Å². The van der Waals surface area contributed by atoms with Gasteiger partial charge in [0.25, 0.3) is 0 Å². The molecule has 0 aromatic carbocycles. The minimum Gasteiger partial charge on any atom is -0.374 e. The van der Waals surface area contributed by atoms with Crippen LogP contribution < -0.4 is 10.6 Å². The van der Waals surface area contributed by atoms with Crippen LogP contribution in [0.15, 0.2) is 0 Å².